The van der Waals surface area contributed by atoms with Crippen LogP contribution in [0.5, 0.6) is 0 Å². The zero-order valence-corrected chi connectivity index (χ0v) is 13.5. The molecule has 98 valence electrons. The topological polar surface area (TPSA) is 0 Å². The van der Waals surface area contributed by atoms with Gasteiger partial charge in [-0.3, -0.25) is 0 Å². The zero-order valence-electron chi connectivity index (χ0n) is 11.9. The van der Waals surface area contributed by atoms with E-state index in [0.29, 0.717) is 0 Å². The van der Waals surface area contributed by atoms with Gasteiger partial charge in [0, 0.05) is 9.89 Å². The van der Waals surface area contributed by atoms with Gasteiger partial charge in [0.15, 0.2) is 0 Å². The second kappa shape index (κ2) is 3.96. The molecule has 0 amide bonds. The summed E-state index contributed by atoms with van der Waals surface area (Å²) >= 11 is 3.63. The van der Waals surface area contributed by atoms with Crippen molar-refractivity contribution in [3.63, 3.8) is 0 Å². The van der Waals surface area contributed by atoms with Crippen LogP contribution in [-0.4, -0.2) is 0 Å². The third-order valence-corrected chi connectivity index (χ3v) is 5.27. The molecule has 1 aliphatic carbocycles. The fourth-order valence-electron chi connectivity index (χ4n) is 3.27. The van der Waals surface area contributed by atoms with E-state index >= 15 is 0 Å². The first-order chi connectivity index (χ1) is 8.85. The maximum atomic E-state index is 3.63. The van der Waals surface area contributed by atoms with E-state index in [2.05, 4.69) is 86.1 Å². The fourth-order valence-corrected chi connectivity index (χ4v) is 3.63. The van der Waals surface area contributed by atoms with Gasteiger partial charge in [0.1, 0.15) is 0 Å². The number of halogens is 1. The van der Waals surface area contributed by atoms with Crippen molar-refractivity contribution in [2.45, 2.75) is 33.1 Å². The van der Waals surface area contributed by atoms with E-state index in [1.807, 2.05) is 0 Å². The first-order valence-electron chi connectivity index (χ1n) is 6.75. The predicted octanol–water partition coefficient (Wildman–Crippen LogP) is 5.78. The fraction of sp³-hybridized carbons (Fsp3) is 0.333. The number of fused-ring (bicyclic) bond motifs is 3. The van der Waals surface area contributed by atoms with E-state index in [1.54, 1.807) is 0 Å². The minimum Gasteiger partial charge on any atom is -0.0619 e. The molecule has 19 heavy (non-hydrogen) atoms. The van der Waals surface area contributed by atoms with Crippen molar-refractivity contribution in [1.82, 2.24) is 0 Å². The summed E-state index contributed by atoms with van der Waals surface area (Å²) in [5, 5.41) is 0. The van der Waals surface area contributed by atoms with Gasteiger partial charge in [-0.1, -0.05) is 74.0 Å². The molecule has 0 aromatic heterocycles. The quantitative estimate of drug-likeness (QED) is 0.578. The molecule has 0 nitrogen and oxygen atoms in total. The Labute approximate surface area is 124 Å². The molecule has 0 aliphatic heterocycles. The first kappa shape index (κ1) is 12.9. The molecule has 0 radical (unpaired) electrons. The molecular weight excluding hydrogens is 296 g/mol. The minimum atomic E-state index is 0.0582. The summed E-state index contributed by atoms with van der Waals surface area (Å²) < 4.78 is 1.16. The molecule has 0 spiro atoms. The van der Waals surface area contributed by atoms with Crippen molar-refractivity contribution in [2.24, 2.45) is 5.41 Å². The molecular formula is C18H19Br. The largest absolute Gasteiger partial charge is 0.0619 e. The van der Waals surface area contributed by atoms with Crippen LogP contribution in [0.15, 0.2) is 46.9 Å². The van der Waals surface area contributed by atoms with Crippen molar-refractivity contribution >= 4 is 15.9 Å². The molecule has 2 aromatic carbocycles. The molecule has 1 heteroatoms. The Morgan fingerprint density at radius 2 is 1.53 bits per heavy atom. The molecule has 0 heterocycles. The first-order valence-corrected chi connectivity index (χ1v) is 7.55. The van der Waals surface area contributed by atoms with Gasteiger partial charge in [-0.25, -0.2) is 0 Å². The Bertz CT molecular complexity index is 649. The van der Waals surface area contributed by atoms with Crippen molar-refractivity contribution in [2.75, 3.05) is 0 Å². The van der Waals surface area contributed by atoms with Crippen LogP contribution >= 0.6 is 15.9 Å². The monoisotopic (exact) mass is 314 g/mol. The lowest BCUT2D eigenvalue weighted by Crippen LogP contribution is -2.36. The average molecular weight is 315 g/mol. The van der Waals surface area contributed by atoms with Gasteiger partial charge in [0.25, 0.3) is 0 Å². The van der Waals surface area contributed by atoms with Gasteiger partial charge in [0.2, 0.25) is 0 Å². The highest BCUT2D eigenvalue weighted by Gasteiger charge is 2.47. The lowest BCUT2D eigenvalue weighted by Gasteiger charge is -2.41. The molecule has 0 N–H and O–H groups in total. The minimum absolute atomic E-state index is 0.0582. The summed E-state index contributed by atoms with van der Waals surface area (Å²) in [7, 11) is 0. The Kier molecular flexibility index (Phi) is 2.69. The summed E-state index contributed by atoms with van der Waals surface area (Å²) in [6.07, 6.45) is 0. The molecule has 1 unspecified atom stereocenters. The van der Waals surface area contributed by atoms with Gasteiger partial charge in [-0.15, -0.1) is 0 Å². The van der Waals surface area contributed by atoms with E-state index in [-0.39, 0.29) is 10.8 Å². The van der Waals surface area contributed by atoms with Gasteiger partial charge < -0.3 is 0 Å². The van der Waals surface area contributed by atoms with Gasteiger partial charge in [-0.05, 0) is 39.8 Å². The molecule has 0 fully saturated rings. The van der Waals surface area contributed by atoms with Gasteiger partial charge in [-0.2, -0.15) is 0 Å². The third-order valence-electron chi connectivity index (χ3n) is 4.78. The SMILES string of the molecule is CC(C)(C)C1(C)c2ccccc2-c2ccc(Br)cc21. The van der Waals surface area contributed by atoms with E-state index < -0.39 is 0 Å². The van der Waals surface area contributed by atoms with Crippen molar-refractivity contribution < 1.29 is 0 Å². The van der Waals surface area contributed by atoms with Crippen molar-refractivity contribution in [3.8, 4) is 11.1 Å². The third kappa shape index (κ3) is 1.64. The highest BCUT2D eigenvalue weighted by Crippen LogP contribution is 2.57. The van der Waals surface area contributed by atoms with Gasteiger partial charge in [0.05, 0.1) is 0 Å². The number of benzene rings is 2. The maximum Gasteiger partial charge on any atom is 0.0235 e. The predicted molar refractivity (Wildman–Crippen MR) is 85.5 cm³/mol. The number of hydrogen-bond donors (Lipinski definition) is 0. The van der Waals surface area contributed by atoms with Crippen molar-refractivity contribution in [3.05, 3.63) is 58.1 Å². The van der Waals surface area contributed by atoms with Crippen LogP contribution in [0.2, 0.25) is 0 Å². The number of rotatable bonds is 0. The second-order valence-electron chi connectivity index (χ2n) is 6.61. The van der Waals surface area contributed by atoms with E-state index in [1.165, 1.54) is 22.3 Å². The summed E-state index contributed by atoms with van der Waals surface area (Å²) in [5.74, 6) is 0. The molecule has 0 saturated carbocycles. The van der Waals surface area contributed by atoms with Crippen LogP contribution in [0.25, 0.3) is 11.1 Å². The summed E-state index contributed by atoms with van der Waals surface area (Å²) in [4.78, 5) is 0. The van der Waals surface area contributed by atoms with Crippen LogP contribution in [0.3, 0.4) is 0 Å². The lowest BCUT2D eigenvalue weighted by atomic mass is 9.62. The van der Waals surface area contributed by atoms with Crippen molar-refractivity contribution in [1.29, 1.82) is 0 Å². The Morgan fingerprint density at radius 3 is 2.21 bits per heavy atom. The molecule has 2 aromatic rings. The van der Waals surface area contributed by atoms with Crippen LogP contribution < -0.4 is 0 Å². The van der Waals surface area contributed by atoms with Crippen LogP contribution in [0.1, 0.15) is 38.8 Å². The van der Waals surface area contributed by atoms with E-state index in [9.17, 15) is 0 Å². The van der Waals surface area contributed by atoms with Crippen LogP contribution in [-0.2, 0) is 5.41 Å². The summed E-state index contributed by atoms with van der Waals surface area (Å²) in [5.41, 5.74) is 5.91. The van der Waals surface area contributed by atoms with Crippen LogP contribution in [0.4, 0.5) is 0 Å². The zero-order chi connectivity index (χ0) is 13.8. The maximum absolute atomic E-state index is 3.63. The smallest absolute Gasteiger partial charge is 0.0235 e. The molecule has 1 atom stereocenters. The standard InChI is InChI=1S/C18H19Br/c1-17(2,3)18(4)15-8-6-5-7-13(15)14-10-9-12(19)11-16(14)18/h5-11H,1-4H3. The molecule has 0 bridgehead atoms. The second-order valence-corrected chi connectivity index (χ2v) is 7.53. The Morgan fingerprint density at radius 1 is 0.895 bits per heavy atom. The van der Waals surface area contributed by atoms with E-state index in [4.69, 9.17) is 0 Å². The average Bonchev–Trinajstić information content (AvgIpc) is 2.61. The van der Waals surface area contributed by atoms with Gasteiger partial charge >= 0.3 is 0 Å². The summed E-state index contributed by atoms with van der Waals surface area (Å²) in [6.45, 7) is 9.38. The lowest BCUT2D eigenvalue weighted by molar-refractivity contribution is 0.255. The normalized spacial score (nSPS) is 21.1. The Hall–Kier alpha value is -1.08. The van der Waals surface area contributed by atoms with Crippen LogP contribution in [0, 0.1) is 5.41 Å². The highest BCUT2D eigenvalue weighted by molar-refractivity contribution is 9.10. The highest BCUT2D eigenvalue weighted by atomic mass is 79.9. The molecule has 0 saturated heterocycles. The Balaban J connectivity index is 2.42. The molecule has 3 rings (SSSR count). The van der Waals surface area contributed by atoms with E-state index in [0.717, 1.165) is 4.47 Å². The molecule has 1 aliphatic rings. The number of hydrogen-bond acceptors (Lipinski definition) is 0. The summed E-state index contributed by atoms with van der Waals surface area (Å²) in [6, 6.07) is 15.5.